The topological polar surface area (TPSA) is 78.9 Å². The van der Waals surface area contributed by atoms with E-state index < -0.39 is 6.10 Å². The zero-order chi connectivity index (χ0) is 57.1. The van der Waals surface area contributed by atoms with Crippen molar-refractivity contribution in [1.29, 1.82) is 0 Å². The van der Waals surface area contributed by atoms with Gasteiger partial charge in [-0.25, -0.2) is 0 Å². The Morgan fingerprint density at radius 1 is 0.266 bits per heavy atom. The first-order valence-electron chi connectivity index (χ1n) is 34.4. The van der Waals surface area contributed by atoms with Gasteiger partial charge < -0.3 is 14.2 Å². The maximum Gasteiger partial charge on any atom is 0.306 e. The molecule has 0 aromatic carbocycles. The fourth-order valence-corrected chi connectivity index (χ4v) is 10.1. The number of allylic oxidation sites excluding steroid dienone is 12. The average Bonchev–Trinajstić information content (AvgIpc) is 3.45. The second kappa shape index (κ2) is 67.4. The molecule has 0 aliphatic carbocycles. The predicted octanol–water partition coefficient (Wildman–Crippen LogP) is 23.7. The van der Waals surface area contributed by atoms with Gasteiger partial charge in [-0.15, -0.1) is 0 Å². The van der Waals surface area contributed by atoms with Crippen LogP contribution in [0.1, 0.15) is 355 Å². The summed E-state index contributed by atoms with van der Waals surface area (Å²) in [6.07, 6.45) is 87.9. The van der Waals surface area contributed by atoms with Gasteiger partial charge in [0.05, 0.1) is 0 Å². The maximum atomic E-state index is 12.9. The lowest BCUT2D eigenvalue weighted by Crippen LogP contribution is -2.30. The molecular formula is C73H130O6. The minimum atomic E-state index is -0.797. The van der Waals surface area contributed by atoms with E-state index in [9.17, 15) is 14.4 Å². The number of hydrogen-bond acceptors (Lipinski definition) is 6. The van der Waals surface area contributed by atoms with Gasteiger partial charge in [0.15, 0.2) is 6.10 Å². The molecule has 1 atom stereocenters. The van der Waals surface area contributed by atoms with Crippen molar-refractivity contribution >= 4 is 17.9 Å². The highest BCUT2D eigenvalue weighted by molar-refractivity contribution is 5.71. The first kappa shape index (κ1) is 75.8. The molecule has 0 N–H and O–H groups in total. The van der Waals surface area contributed by atoms with Crippen molar-refractivity contribution in [3.8, 4) is 0 Å². The minimum Gasteiger partial charge on any atom is -0.462 e. The Labute approximate surface area is 491 Å². The number of rotatable bonds is 63. The molecule has 79 heavy (non-hydrogen) atoms. The monoisotopic (exact) mass is 1100 g/mol. The molecule has 0 rings (SSSR count). The first-order chi connectivity index (χ1) is 39.0. The summed E-state index contributed by atoms with van der Waals surface area (Å²) in [7, 11) is 0. The Morgan fingerprint density at radius 2 is 0.494 bits per heavy atom. The third-order valence-corrected chi connectivity index (χ3v) is 15.2. The van der Waals surface area contributed by atoms with Crippen molar-refractivity contribution in [3.05, 3.63) is 72.9 Å². The molecule has 0 bridgehead atoms. The van der Waals surface area contributed by atoms with Crippen LogP contribution in [-0.4, -0.2) is 37.2 Å². The highest BCUT2D eigenvalue weighted by Crippen LogP contribution is 2.18. The van der Waals surface area contributed by atoms with Gasteiger partial charge in [-0.1, -0.05) is 338 Å². The molecule has 0 aliphatic rings. The van der Waals surface area contributed by atoms with E-state index in [-0.39, 0.29) is 37.5 Å². The summed E-state index contributed by atoms with van der Waals surface area (Å²) in [5, 5.41) is 0. The predicted molar refractivity (Wildman–Crippen MR) is 344 cm³/mol. The maximum absolute atomic E-state index is 12.9. The van der Waals surface area contributed by atoms with Crippen LogP contribution < -0.4 is 0 Å². The van der Waals surface area contributed by atoms with E-state index in [1.807, 2.05) is 0 Å². The molecule has 0 aliphatic heterocycles. The summed E-state index contributed by atoms with van der Waals surface area (Å²) in [4.78, 5) is 38.4. The van der Waals surface area contributed by atoms with Crippen molar-refractivity contribution in [3.63, 3.8) is 0 Å². The average molecular weight is 1100 g/mol. The number of carbonyl (C=O) groups excluding carboxylic acids is 3. The van der Waals surface area contributed by atoms with Gasteiger partial charge in [-0.3, -0.25) is 14.4 Å². The molecular weight excluding hydrogens is 973 g/mol. The van der Waals surface area contributed by atoms with Crippen LogP contribution in [0.25, 0.3) is 0 Å². The number of ether oxygens (including phenoxy) is 3. The quantitative estimate of drug-likeness (QED) is 0.0261. The zero-order valence-electron chi connectivity index (χ0n) is 52.6. The number of carbonyl (C=O) groups is 3. The molecule has 0 saturated heterocycles. The van der Waals surface area contributed by atoms with Crippen molar-refractivity contribution in [1.82, 2.24) is 0 Å². The van der Waals surface area contributed by atoms with E-state index in [0.717, 1.165) is 89.9 Å². The van der Waals surface area contributed by atoms with Crippen molar-refractivity contribution in [2.75, 3.05) is 13.2 Å². The van der Waals surface area contributed by atoms with Crippen molar-refractivity contribution < 1.29 is 28.6 Å². The van der Waals surface area contributed by atoms with Gasteiger partial charge in [0.25, 0.3) is 0 Å². The number of unbranched alkanes of at least 4 members (excludes halogenated alkanes) is 40. The third-order valence-electron chi connectivity index (χ3n) is 15.2. The smallest absolute Gasteiger partial charge is 0.306 e. The molecule has 6 nitrogen and oxygen atoms in total. The van der Waals surface area contributed by atoms with Crippen LogP contribution in [0.2, 0.25) is 0 Å². The molecule has 0 amide bonds. The molecule has 0 aromatic heterocycles. The van der Waals surface area contributed by atoms with Gasteiger partial charge in [-0.05, 0) is 70.6 Å². The van der Waals surface area contributed by atoms with Crippen LogP contribution in [0.15, 0.2) is 72.9 Å². The lowest BCUT2D eigenvalue weighted by Gasteiger charge is -2.18. The standard InChI is InChI=1S/C73H130O6/c1-4-7-10-13-16-19-22-25-27-29-31-33-34-35-36-37-38-40-41-43-45-48-51-54-57-60-63-66-72(75)78-69-70(68-77-71(74)65-62-59-56-53-50-47-24-21-18-15-12-9-6-3)79-73(76)67-64-61-58-55-52-49-46-44-42-39-32-30-28-26-23-20-17-14-11-8-5-2/h8,11,17,20,26,28,32,39,44,46,52,55,70H,4-7,9-10,12-16,18-19,21-25,27,29-31,33-38,40-43,45,47-51,53-54,56-69H2,1-3H3/b11-8-,20-17-,28-26-,39-32-,46-44-,55-52-. The Balaban J connectivity index is 4.29. The Hall–Kier alpha value is -3.15. The molecule has 0 aromatic rings. The number of esters is 3. The van der Waals surface area contributed by atoms with Gasteiger partial charge >= 0.3 is 17.9 Å². The van der Waals surface area contributed by atoms with Crippen LogP contribution >= 0.6 is 0 Å². The summed E-state index contributed by atoms with van der Waals surface area (Å²) in [6.45, 7) is 6.54. The van der Waals surface area contributed by atoms with E-state index in [4.69, 9.17) is 14.2 Å². The lowest BCUT2D eigenvalue weighted by molar-refractivity contribution is -0.167. The zero-order valence-corrected chi connectivity index (χ0v) is 52.6. The lowest BCUT2D eigenvalue weighted by atomic mass is 10.0. The molecule has 0 heterocycles. The normalized spacial score (nSPS) is 12.5. The molecule has 0 saturated carbocycles. The van der Waals surface area contributed by atoms with E-state index in [0.29, 0.717) is 19.3 Å². The summed E-state index contributed by atoms with van der Waals surface area (Å²) in [5.41, 5.74) is 0. The van der Waals surface area contributed by atoms with E-state index in [2.05, 4.69) is 93.7 Å². The fraction of sp³-hybridized carbons (Fsp3) is 0.795. The van der Waals surface area contributed by atoms with Gasteiger partial charge in [0.2, 0.25) is 0 Å². The molecule has 458 valence electrons. The summed E-state index contributed by atoms with van der Waals surface area (Å²) >= 11 is 0. The molecule has 0 fully saturated rings. The first-order valence-corrected chi connectivity index (χ1v) is 34.4. The van der Waals surface area contributed by atoms with Crippen LogP contribution in [0.3, 0.4) is 0 Å². The molecule has 1 unspecified atom stereocenters. The van der Waals surface area contributed by atoms with E-state index in [1.54, 1.807) is 0 Å². The van der Waals surface area contributed by atoms with Crippen molar-refractivity contribution in [2.24, 2.45) is 0 Å². The fourth-order valence-electron chi connectivity index (χ4n) is 10.1. The molecule has 0 radical (unpaired) electrons. The second-order valence-electron chi connectivity index (χ2n) is 23.1. The summed E-state index contributed by atoms with van der Waals surface area (Å²) in [6, 6.07) is 0. The van der Waals surface area contributed by atoms with E-state index >= 15 is 0 Å². The summed E-state index contributed by atoms with van der Waals surface area (Å²) < 4.78 is 16.9. The minimum absolute atomic E-state index is 0.0887. The highest BCUT2D eigenvalue weighted by atomic mass is 16.6. The largest absolute Gasteiger partial charge is 0.462 e. The third kappa shape index (κ3) is 65.5. The Morgan fingerprint density at radius 3 is 0.772 bits per heavy atom. The van der Waals surface area contributed by atoms with Gasteiger partial charge in [0, 0.05) is 19.3 Å². The summed E-state index contributed by atoms with van der Waals surface area (Å²) in [5.74, 6) is -0.912. The van der Waals surface area contributed by atoms with Gasteiger partial charge in [-0.2, -0.15) is 0 Å². The van der Waals surface area contributed by atoms with Crippen LogP contribution in [0.4, 0.5) is 0 Å². The Bertz CT molecular complexity index is 1450. The van der Waals surface area contributed by atoms with Crippen LogP contribution in [0, 0.1) is 0 Å². The number of hydrogen-bond donors (Lipinski definition) is 0. The Kier molecular flexibility index (Phi) is 64.7. The van der Waals surface area contributed by atoms with Crippen LogP contribution in [-0.2, 0) is 28.6 Å². The van der Waals surface area contributed by atoms with Gasteiger partial charge in [0.1, 0.15) is 13.2 Å². The van der Waals surface area contributed by atoms with Crippen molar-refractivity contribution in [2.45, 2.75) is 361 Å². The molecule has 0 spiro atoms. The second-order valence-corrected chi connectivity index (χ2v) is 23.1. The molecule has 6 heteroatoms. The SMILES string of the molecule is CC/C=C\C/C=C\C/C=C\C/C=C\C/C=C\C/C=C\CCCCC(=O)OC(COC(=O)CCCCCCCCCCCCCCC)COC(=O)CCCCCCCCCCCCCCCCCCCCCCCCCCCCC. The van der Waals surface area contributed by atoms with Crippen LogP contribution in [0.5, 0.6) is 0 Å². The van der Waals surface area contributed by atoms with E-state index in [1.165, 1.54) is 218 Å². The highest BCUT2D eigenvalue weighted by Gasteiger charge is 2.19.